The Morgan fingerprint density at radius 3 is 1.45 bits per heavy atom. The van der Waals surface area contributed by atoms with Crippen LogP contribution in [0.25, 0.3) is 0 Å². The lowest BCUT2D eigenvalue weighted by atomic mass is 9.67. The van der Waals surface area contributed by atoms with E-state index in [1.54, 1.807) is 0 Å². The van der Waals surface area contributed by atoms with Crippen LogP contribution in [0.15, 0.2) is 0 Å². The van der Waals surface area contributed by atoms with Gasteiger partial charge in [0.15, 0.2) is 0 Å². The zero-order chi connectivity index (χ0) is 14.0. The van der Waals surface area contributed by atoms with Crippen molar-refractivity contribution in [1.82, 2.24) is 0 Å². The molecule has 0 aliphatic carbocycles. The molecule has 3 rings (SSSR count). The molecule has 0 spiro atoms. The van der Waals surface area contributed by atoms with Crippen molar-refractivity contribution in [1.29, 1.82) is 0 Å². The lowest BCUT2D eigenvalue weighted by Crippen LogP contribution is -2.47. The molecule has 3 aliphatic heterocycles. The van der Waals surface area contributed by atoms with Gasteiger partial charge in [-0.1, -0.05) is 0 Å². The molecule has 0 aromatic heterocycles. The molecule has 5 nitrogen and oxygen atoms in total. The van der Waals surface area contributed by atoms with E-state index in [0.29, 0.717) is 17.8 Å². The molecular weight excluding hydrogens is 276 g/mol. The molecule has 6 heteroatoms. The first-order valence-electron chi connectivity index (χ1n) is 7.33. The normalized spacial score (nSPS) is 24.6. The lowest BCUT2D eigenvalue weighted by molar-refractivity contribution is -0.161. The van der Waals surface area contributed by atoms with E-state index in [2.05, 4.69) is 10.5 Å². The molecule has 3 radical (unpaired) electrons. The maximum atomic E-state index is 12.5. The van der Waals surface area contributed by atoms with Crippen LogP contribution in [0.3, 0.4) is 0 Å². The summed E-state index contributed by atoms with van der Waals surface area (Å²) < 4.78 is 20.8. The first-order chi connectivity index (χ1) is 9.72. The van der Waals surface area contributed by atoms with Crippen molar-refractivity contribution in [2.45, 2.75) is 19.3 Å². The second-order valence-corrected chi connectivity index (χ2v) is 6.70. The van der Waals surface area contributed by atoms with Gasteiger partial charge in [0.25, 0.3) is 5.97 Å². The van der Waals surface area contributed by atoms with Crippen molar-refractivity contribution in [2.24, 2.45) is 23.2 Å². The van der Waals surface area contributed by atoms with Gasteiger partial charge in [-0.05, 0) is 19.3 Å². The molecule has 3 heterocycles. The summed E-state index contributed by atoms with van der Waals surface area (Å²) in [5.41, 5.74) is -0.418. The highest BCUT2D eigenvalue weighted by atomic mass is 28.2. The van der Waals surface area contributed by atoms with E-state index in [1.807, 2.05) is 0 Å². The highest BCUT2D eigenvalue weighted by Crippen LogP contribution is 2.44. The van der Waals surface area contributed by atoms with E-state index in [0.717, 1.165) is 58.9 Å². The fourth-order valence-corrected chi connectivity index (χ4v) is 3.69. The second-order valence-electron chi connectivity index (χ2n) is 6.49. The van der Waals surface area contributed by atoms with Crippen LogP contribution >= 0.6 is 0 Å². The summed E-state index contributed by atoms with van der Waals surface area (Å²) in [6, 6.07) is 0. The SMILES string of the molecule is O=C(O[Si])C(CC1COC1)(CC1COC1)CC1COC1. The Labute approximate surface area is 122 Å². The summed E-state index contributed by atoms with van der Waals surface area (Å²) in [5, 5.41) is 0. The topological polar surface area (TPSA) is 54.0 Å². The van der Waals surface area contributed by atoms with Crippen LogP contribution in [0.4, 0.5) is 0 Å². The van der Waals surface area contributed by atoms with E-state index in [4.69, 9.17) is 18.6 Å². The van der Waals surface area contributed by atoms with E-state index in [9.17, 15) is 4.79 Å². The third-order valence-electron chi connectivity index (χ3n) is 4.69. The molecule has 111 valence electrons. The number of ether oxygens (including phenoxy) is 3. The number of carbonyl (C=O) groups excluding carboxylic acids is 1. The molecule has 20 heavy (non-hydrogen) atoms. The third kappa shape index (κ3) is 2.93. The van der Waals surface area contributed by atoms with Crippen molar-refractivity contribution in [3.8, 4) is 0 Å². The van der Waals surface area contributed by atoms with E-state index in [1.165, 1.54) is 0 Å². The molecule has 3 aliphatic rings. The first-order valence-corrected chi connectivity index (χ1v) is 7.74. The Morgan fingerprint density at radius 2 is 1.25 bits per heavy atom. The first kappa shape index (κ1) is 14.5. The van der Waals surface area contributed by atoms with Gasteiger partial charge in [-0.2, -0.15) is 0 Å². The van der Waals surface area contributed by atoms with Gasteiger partial charge in [0.05, 0.1) is 45.1 Å². The Kier molecular flexibility index (Phi) is 4.45. The van der Waals surface area contributed by atoms with Crippen LogP contribution in [-0.2, 0) is 23.4 Å². The van der Waals surface area contributed by atoms with Crippen LogP contribution in [0.5, 0.6) is 0 Å². The van der Waals surface area contributed by atoms with Gasteiger partial charge in [-0.25, -0.2) is 0 Å². The summed E-state index contributed by atoms with van der Waals surface area (Å²) in [4.78, 5) is 12.5. The Balaban J connectivity index is 1.72. The van der Waals surface area contributed by atoms with Gasteiger partial charge in [0.1, 0.15) is 0 Å². The minimum Gasteiger partial charge on any atom is -0.516 e. The lowest BCUT2D eigenvalue weighted by Gasteiger charge is -2.44. The minimum atomic E-state index is -0.418. The minimum absolute atomic E-state index is 0.139. The van der Waals surface area contributed by atoms with Crippen molar-refractivity contribution < 1.29 is 23.4 Å². The molecule has 0 saturated carbocycles. The fourth-order valence-electron chi connectivity index (χ4n) is 3.47. The second kappa shape index (κ2) is 6.13. The van der Waals surface area contributed by atoms with Gasteiger partial charge < -0.3 is 18.6 Å². The molecule has 0 N–H and O–H groups in total. The zero-order valence-corrected chi connectivity index (χ0v) is 12.6. The number of hydrogen-bond acceptors (Lipinski definition) is 5. The van der Waals surface area contributed by atoms with Crippen molar-refractivity contribution in [2.75, 3.05) is 39.6 Å². The summed E-state index contributed by atoms with van der Waals surface area (Å²) in [6.45, 7) is 4.58. The average Bonchev–Trinajstić information content (AvgIpc) is 2.31. The highest BCUT2D eigenvalue weighted by Gasteiger charge is 2.47. The molecule has 0 amide bonds. The van der Waals surface area contributed by atoms with E-state index in [-0.39, 0.29) is 5.97 Å². The number of carbonyl (C=O) groups is 1. The van der Waals surface area contributed by atoms with Gasteiger partial charge in [-0.15, -0.1) is 0 Å². The third-order valence-corrected chi connectivity index (χ3v) is 4.87. The molecule has 0 aromatic carbocycles. The highest BCUT2D eigenvalue weighted by molar-refractivity contribution is 6.06. The van der Waals surface area contributed by atoms with Crippen molar-refractivity contribution >= 4 is 16.5 Å². The maximum Gasteiger partial charge on any atom is 0.345 e. The summed E-state index contributed by atoms with van der Waals surface area (Å²) in [5.74, 6) is 1.29. The zero-order valence-electron chi connectivity index (χ0n) is 11.6. The van der Waals surface area contributed by atoms with Crippen LogP contribution in [0.2, 0.25) is 0 Å². The van der Waals surface area contributed by atoms with Crippen LogP contribution in [0, 0.1) is 23.2 Å². The fraction of sp³-hybridized carbons (Fsp3) is 0.929. The summed E-state index contributed by atoms with van der Waals surface area (Å²) >= 11 is 0. The van der Waals surface area contributed by atoms with E-state index < -0.39 is 5.41 Å². The maximum absolute atomic E-state index is 12.5. The summed E-state index contributed by atoms with van der Waals surface area (Å²) in [6.07, 6.45) is 2.55. The Bertz CT molecular complexity index is 309. The molecule has 0 unspecified atom stereocenters. The van der Waals surface area contributed by atoms with Gasteiger partial charge in [0.2, 0.25) is 0 Å². The molecule has 0 aromatic rings. The Morgan fingerprint density at radius 1 is 0.900 bits per heavy atom. The number of rotatable bonds is 7. The smallest absolute Gasteiger partial charge is 0.345 e. The van der Waals surface area contributed by atoms with Gasteiger partial charge >= 0.3 is 10.5 Å². The van der Waals surface area contributed by atoms with Gasteiger partial charge in [-0.3, -0.25) is 4.79 Å². The van der Waals surface area contributed by atoms with Gasteiger partial charge in [0, 0.05) is 17.8 Å². The summed E-state index contributed by atoms with van der Waals surface area (Å²) in [7, 11) is 2.95. The molecule has 3 fully saturated rings. The standard InChI is InChI=1S/C14H21O5Si/c15-13(19-20)14(1-10-4-16-5-10,2-11-6-17-7-11)3-12-8-18-9-12/h10-12H,1-9H2. The quantitative estimate of drug-likeness (QED) is 0.648. The average molecular weight is 297 g/mol. The van der Waals surface area contributed by atoms with Crippen LogP contribution < -0.4 is 0 Å². The van der Waals surface area contributed by atoms with E-state index >= 15 is 0 Å². The molecule has 0 bridgehead atoms. The predicted molar refractivity (Wildman–Crippen MR) is 71.1 cm³/mol. The molecule has 3 saturated heterocycles. The molecular formula is C14H21O5Si. The largest absolute Gasteiger partial charge is 0.516 e. The van der Waals surface area contributed by atoms with Crippen LogP contribution in [-0.4, -0.2) is 56.1 Å². The number of hydrogen-bond donors (Lipinski definition) is 0. The van der Waals surface area contributed by atoms with Crippen LogP contribution in [0.1, 0.15) is 19.3 Å². The predicted octanol–water partition coefficient (Wildman–Crippen LogP) is 0.709. The molecule has 0 atom stereocenters. The van der Waals surface area contributed by atoms with Crippen molar-refractivity contribution in [3.63, 3.8) is 0 Å². The monoisotopic (exact) mass is 297 g/mol. The van der Waals surface area contributed by atoms with Crippen molar-refractivity contribution in [3.05, 3.63) is 0 Å². The Hall–Kier alpha value is -0.433.